The third-order valence-electron chi connectivity index (χ3n) is 5.56. The third-order valence-corrected chi connectivity index (χ3v) is 5.80. The van der Waals surface area contributed by atoms with Gasteiger partial charge in [0.1, 0.15) is 5.69 Å². The van der Waals surface area contributed by atoms with Crippen molar-refractivity contribution in [3.05, 3.63) is 29.3 Å². The molecule has 1 aromatic heterocycles. The lowest BCUT2D eigenvalue weighted by Crippen LogP contribution is -2.34. The van der Waals surface area contributed by atoms with Crippen molar-refractivity contribution >= 4 is 40.6 Å². The van der Waals surface area contributed by atoms with Crippen molar-refractivity contribution in [2.75, 3.05) is 40.8 Å². The van der Waals surface area contributed by atoms with Crippen molar-refractivity contribution in [1.29, 1.82) is 0 Å². The molecule has 0 saturated carbocycles. The Labute approximate surface area is 193 Å². The van der Waals surface area contributed by atoms with Crippen molar-refractivity contribution in [3.8, 4) is 0 Å². The maximum absolute atomic E-state index is 6.25. The first-order valence-electron chi connectivity index (χ1n) is 11.4. The van der Waals surface area contributed by atoms with E-state index < -0.39 is 0 Å². The van der Waals surface area contributed by atoms with E-state index in [2.05, 4.69) is 61.7 Å². The second kappa shape index (κ2) is 10.9. The SMILES string of the molecule is CC.CCC(Nc1nc(N(C)c2cccc(Cl)c2)c2c(n1)N(C(C)C)CN2C)C(C)C. The van der Waals surface area contributed by atoms with Gasteiger partial charge in [-0.2, -0.15) is 9.97 Å². The predicted octanol–water partition coefficient (Wildman–Crippen LogP) is 6.39. The van der Waals surface area contributed by atoms with E-state index in [4.69, 9.17) is 21.6 Å². The van der Waals surface area contributed by atoms with Crippen LogP contribution in [-0.4, -0.2) is 42.8 Å². The van der Waals surface area contributed by atoms with Crippen LogP contribution in [0.1, 0.15) is 54.9 Å². The summed E-state index contributed by atoms with van der Waals surface area (Å²) in [4.78, 5) is 16.5. The van der Waals surface area contributed by atoms with Gasteiger partial charge in [-0.25, -0.2) is 0 Å². The topological polar surface area (TPSA) is 47.5 Å². The molecule has 2 heterocycles. The average molecular weight is 447 g/mol. The minimum Gasteiger partial charge on any atom is -0.351 e. The lowest BCUT2D eigenvalue weighted by atomic mass is 10.0. The number of nitrogens with one attached hydrogen (secondary N) is 1. The monoisotopic (exact) mass is 446 g/mol. The Kier molecular flexibility index (Phi) is 8.80. The first-order valence-corrected chi connectivity index (χ1v) is 11.8. The molecule has 0 amide bonds. The summed E-state index contributed by atoms with van der Waals surface area (Å²) < 4.78 is 0. The molecule has 6 nitrogen and oxygen atoms in total. The molecule has 31 heavy (non-hydrogen) atoms. The summed E-state index contributed by atoms with van der Waals surface area (Å²) in [6, 6.07) is 8.52. The van der Waals surface area contributed by atoms with Crippen LogP contribution in [0.25, 0.3) is 0 Å². The fourth-order valence-corrected chi connectivity index (χ4v) is 3.94. The first-order chi connectivity index (χ1) is 14.7. The number of halogens is 1. The Morgan fingerprint density at radius 2 is 1.84 bits per heavy atom. The van der Waals surface area contributed by atoms with Gasteiger partial charge in [-0.1, -0.05) is 52.3 Å². The molecule has 0 spiro atoms. The maximum Gasteiger partial charge on any atom is 0.227 e. The molecule has 2 aromatic rings. The largest absolute Gasteiger partial charge is 0.351 e. The van der Waals surface area contributed by atoms with Crippen LogP contribution in [0.15, 0.2) is 24.3 Å². The van der Waals surface area contributed by atoms with Crippen molar-refractivity contribution < 1.29 is 0 Å². The van der Waals surface area contributed by atoms with Crippen molar-refractivity contribution in [1.82, 2.24) is 9.97 Å². The molecule has 7 heteroatoms. The van der Waals surface area contributed by atoms with E-state index in [1.165, 1.54) is 0 Å². The second-order valence-electron chi connectivity index (χ2n) is 8.39. The van der Waals surface area contributed by atoms with E-state index in [0.717, 1.165) is 36.1 Å². The lowest BCUT2D eigenvalue weighted by Gasteiger charge is -2.26. The Hall–Kier alpha value is -2.21. The van der Waals surface area contributed by atoms with Gasteiger partial charge >= 0.3 is 0 Å². The van der Waals surface area contributed by atoms with Gasteiger partial charge in [-0.05, 0) is 44.4 Å². The molecule has 1 aliphatic heterocycles. The molecular weight excluding hydrogens is 408 g/mol. The minimum absolute atomic E-state index is 0.323. The summed E-state index contributed by atoms with van der Waals surface area (Å²) >= 11 is 6.25. The Balaban J connectivity index is 0.00000166. The van der Waals surface area contributed by atoms with E-state index in [-0.39, 0.29) is 0 Å². The molecule has 3 rings (SSSR count). The number of rotatable bonds is 7. The normalized spacial score (nSPS) is 13.8. The van der Waals surface area contributed by atoms with Gasteiger partial charge in [0.05, 0.1) is 6.67 Å². The number of hydrogen-bond acceptors (Lipinski definition) is 6. The molecule has 0 bridgehead atoms. The summed E-state index contributed by atoms with van der Waals surface area (Å²) in [7, 11) is 4.12. The molecular formula is C24H39ClN6. The number of benzene rings is 1. The molecule has 0 saturated heterocycles. The summed E-state index contributed by atoms with van der Waals surface area (Å²) in [5, 5.41) is 4.28. The van der Waals surface area contributed by atoms with E-state index in [1.54, 1.807) is 0 Å². The van der Waals surface area contributed by atoms with Crippen LogP contribution in [0.5, 0.6) is 0 Å². The number of fused-ring (bicyclic) bond motifs is 1. The summed E-state index contributed by atoms with van der Waals surface area (Å²) in [6.45, 7) is 15.8. The van der Waals surface area contributed by atoms with Gasteiger partial charge in [0, 0.05) is 36.9 Å². The molecule has 0 aliphatic carbocycles. The Morgan fingerprint density at radius 1 is 1.16 bits per heavy atom. The Morgan fingerprint density at radius 3 is 2.39 bits per heavy atom. The molecule has 0 radical (unpaired) electrons. The standard InChI is InChI=1S/C22H33ClN6.C2H6/c1-8-18(14(2)3)24-22-25-20(28(7)17-11-9-10-16(23)12-17)19-21(26-22)29(15(4)5)13-27(19)6;1-2/h9-12,14-15,18H,8,13H2,1-7H3,(H,24,25,26);1-2H3. The van der Waals surface area contributed by atoms with Gasteiger partial charge in [-0.15, -0.1) is 0 Å². The van der Waals surface area contributed by atoms with Crippen LogP contribution >= 0.6 is 11.6 Å². The second-order valence-corrected chi connectivity index (χ2v) is 8.82. The van der Waals surface area contributed by atoms with Crippen molar-refractivity contribution in [3.63, 3.8) is 0 Å². The average Bonchev–Trinajstić information content (AvgIpc) is 3.09. The summed E-state index contributed by atoms with van der Waals surface area (Å²) in [6.07, 6.45) is 1.02. The van der Waals surface area contributed by atoms with E-state index >= 15 is 0 Å². The highest BCUT2D eigenvalue weighted by Crippen LogP contribution is 2.43. The van der Waals surface area contributed by atoms with Crippen LogP contribution in [0, 0.1) is 5.92 Å². The highest BCUT2D eigenvalue weighted by atomic mass is 35.5. The van der Waals surface area contributed by atoms with Crippen LogP contribution in [-0.2, 0) is 0 Å². The van der Waals surface area contributed by atoms with Crippen LogP contribution in [0.2, 0.25) is 5.02 Å². The van der Waals surface area contributed by atoms with Crippen molar-refractivity contribution in [2.24, 2.45) is 5.92 Å². The zero-order valence-electron chi connectivity index (χ0n) is 20.6. The van der Waals surface area contributed by atoms with Gasteiger partial charge in [0.2, 0.25) is 5.95 Å². The zero-order chi connectivity index (χ0) is 23.3. The van der Waals surface area contributed by atoms with E-state index in [1.807, 2.05) is 45.2 Å². The number of aromatic nitrogens is 2. The van der Waals surface area contributed by atoms with Gasteiger partial charge < -0.3 is 20.0 Å². The first kappa shape index (κ1) is 25.1. The molecule has 1 aliphatic rings. The van der Waals surface area contributed by atoms with Crippen LogP contribution < -0.4 is 20.0 Å². The smallest absolute Gasteiger partial charge is 0.227 e. The predicted molar refractivity (Wildman–Crippen MR) is 136 cm³/mol. The van der Waals surface area contributed by atoms with Gasteiger partial charge in [0.15, 0.2) is 11.6 Å². The quantitative estimate of drug-likeness (QED) is 0.531. The number of anilines is 5. The molecule has 1 aromatic carbocycles. The molecule has 1 atom stereocenters. The van der Waals surface area contributed by atoms with E-state index in [9.17, 15) is 0 Å². The fourth-order valence-electron chi connectivity index (χ4n) is 3.76. The number of nitrogens with zero attached hydrogens (tertiary/aromatic N) is 5. The van der Waals surface area contributed by atoms with Gasteiger partial charge in [-0.3, -0.25) is 0 Å². The fraction of sp³-hybridized carbons (Fsp3) is 0.583. The third kappa shape index (κ3) is 5.53. The van der Waals surface area contributed by atoms with Gasteiger partial charge in [0.25, 0.3) is 0 Å². The lowest BCUT2D eigenvalue weighted by molar-refractivity contribution is 0.508. The molecule has 0 fully saturated rings. The molecule has 172 valence electrons. The van der Waals surface area contributed by atoms with Crippen molar-refractivity contribution in [2.45, 2.75) is 67.0 Å². The highest BCUT2D eigenvalue weighted by molar-refractivity contribution is 6.30. The highest BCUT2D eigenvalue weighted by Gasteiger charge is 2.33. The van der Waals surface area contributed by atoms with Crippen LogP contribution in [0.3, 0.4) is 0 Å². The Bertz CT molecular complexity index is 854. The number of hydrogen-bond donors (Lipinski definition) is 1. The zero-order valence-corrected chi connectivity index (χ0v) is 21.3. The van der Waals surface area contributed by atoms with E-state index in [0.29, 0.717) is 29.0 Å². The minimum atomic E-state index is 0.323. The van der Waals surface area contributed by atoms with Crippen LogP contribution in [0.4, 0.5) is 29.0 Å². The molecule has 1 N–H and O–H groups in total. The summed E-state index contributed by atoms with van der Waals surface area (Å²) in [5.41, 5.74) is 2.04. The summed E-state index contributed by atoms with van der Waals surface area (Å²) in [5.74, 6) is 3.02. The maximum atomic E-state index is 6.25. The molecule has 1 unspecified atom stereocenters.